The Morgan fingerprint density at radius 3 is 2.68 bits per heavy atom. The maximum absolute atomic E-state index is 13.5. The summed E-state index contributed by atoms with van der Waals surface area (Å²) < 4.78 is 19.9. The summed E-state index contributed by atoms with van der Waals surface area (Å²) in [6.07, 6.45) is 0. The molecular weight excluding hydrogens is 249 g/mol. The average Bonchev–Trinajstić information content (AvgIpc) is 2.67. The molecule has 0 saturated heterocycles. The smallest absolute Gasteiger partial charge is 0.256 e. The third kappa shape index (κ3) is 2.73. The van der Waals surface area contributed by atoms with E-state index in [4.69, 9.17) is 4.74 Å². The summed E-state index contributed by atoms with van der Waals surface area (Å²) >= 11 is 0. The van der Waals surface area contributed by atoms with E-state index in [1.807, 2.05) is 6.92 Å². The van der Waals surface area contributed by atoms with Gasteiger partial charge in [0.15, 0.2) is 11.6 Å². The fourth-order valence-corrected chi connectivity index (χ4v) is 1.72. The number of aromatic nitrogens is 2. The van der Waals surface area contributed by atoms with Crippen molar-refractivity contribution in [3.63, 3.8) is 0 Å². The molecule has 19 heavy (non-hydrogen) atoms. The molecular formula is C13H14FN3O2. The van der Waals surface area contributed by atoms with Crippen LogP contribution in [0.2, 0.25) is 0 Å². The van der Waals surface area contributed by atoms with Crippen molar-refractivity contribution < 1.29 is 13.9 Å². The molecule has 2 rings (SSSR count). The van der Waals surface area contributed by atoms with Crippen LogP contribution in [-0.4, -0.2) is 22.8 Å². The van der Waals surface area contributed by atoms with Crippen LogP contribution in [0.15, 0.2) is 24.3 Å². The van der Waals surface area contributed by atoms with Crippen molar-refractivity contribution in [2.75, 3.05) is 12.4 Å². The number of rotatable bonds is 3. The summed E-state index contributed by atoms with van der Waals surface area (Å²) in [6, 6.07) is 5.79. The van der Waals surface area contributed by atoms with Crippen molar-refractivity contribution in [2.45, 2.75) is 6.92 Å². The quantitative estimate of drug-likeness (QED) is 0.923. The van der Waals surface area contributed by atoms with Crippen LogP contribution in [0.1, 0.15) is 16.1 Å². The van der Waals surface area contributed by atoms with Crippen LogP contribution in [0.3, 0.4) is 0 Å². The minimum atomic E-state index is -0.573. The number of nitrogens with zero attached hydrogens (tertiary/aromatic N) is 2. The lowest BCUT2D eigenvalue weighted by atomic mass is 10.2. The molecule has 0 spiro atoms. The molecule has 0 radical (unpaired) electrons. The molecule has 0 fully saturated rings. The average molecular weight is 263 g/mol. The Labute approximate surface area is 110 Å². The monoisotopic (exact) mass is 263 g/mol. The number of benzene rings is 1. The Kier molecular flexibility index (Phi) is 3.50. The standard InChI is InChI=1S/C13H14FN3O2/c1-8-6-12(17(2)16-8)15-13(18)9-4-5-11(19-3)10(14)7-9/h4-7H,1-3H3,(H,15,18). The second-order valence-electron chi connectivity index (χ2n) is 4.10. The summed E-state index contributed by atoms with van der Waals surface area (Å²) in [5.41, 5.74) is 1.01. The highest BCUT2D eigenvalue weighted by Gasteiger charge is 2.12. The summed E-state index contributed by atoms with van der Waals surface area (Å²) in [4.78, 5) is 12.0. The van der Waals surface area contributed by atoms with Gasteiger partial charge in [0.2, 0.25) is 0 Å². The van der Waals surface area contributed by atoms with Gasteiger partial charge in [0.1, 0.15) is 5.82 Å². The number of aryl methyl sites for hydroxylation is 2. The Bertz CT molecular complexity index is 622. The SMILES string of the molecule is COc1ccc(C(=O)Nc2cc(C)nn2C)cc1F. The van der Waals surface area contributed by atoms with Gasteiger partial charge >= 0.3 is 0 Å². The van der Waals surface area contributed by atoms with Gasteiger partial charge in [-0.3, -0.25) is 9.48 Å². The summed E-state index contributed by atoms with van der Waals surface area (Å²) in [7, 11) is 3.09. The molecule has 0 saturated carbocycles. The molecule has 0 atom stereocenters. The van der Waals surface area contributed by atoms with E-state index in [1.165, 1.54) is 19.2 Å². The number of hydrogen-bond donors (Lipinski definition) is 1. The third-order valence-electron chi connectivity index (χ3n) is 2.66. The number of ether oxygens (including phenoxy) is 1. The molecule has 1 aromatic heterocycles. The molecule has 2 aromatic rings. The zero-order chi connectivity index (χ0) is 14.0. The topological polar surface area (TPSA) is 56.1 Å². The molecule has 0 bridgehead atoms. The Hall–Kier alpha value is -2.37. The number of hydrogen-bond acceptors (Lipinski definition) is 3. The minimum absolute atomic E-state index is 0.105. The van der Waals surface area contributed by atoms with Crippen LogP contribution in [0.4, 0.5) is 10.2 Å². The molecule has 100 valence electrons. The number of anilines is 1. The van der Waals surface area contributed by atoms with Crippen LogP contribution >= 0.6 is 0 Å². The lowest BCUT2D eigenvalue weighted by Crippen LogP contribution is -2.14. The maximum atomic E-state index is 13.5. The van der Waals surface area contributed by atoms with E-state index in [-0.39, 0.29) is 11.3 Å². The van der Waals surface area contributed by atoms with E-state index < -0.39 is 11.7 Å². The first-order valence-corrected chi connectivity index (χ1v) is 5.67. The molecule has 1 N–H and O–H groups in total. The van der Waals surface area contributed by atoms with Gasteiger partial charge in [0.25, 0.3) is 5.91 Å². The summed E-state index contributed by atoms with van der Waals surface area (Å²) in [5, 5.41) is 6.78. The Morgan fingerprint density at radius 1 is 1.42 bits per heavy atom. The Morgan fingerprint density at radius 2 is 2.16 bits per heavy atom. The number of halogens is 1. The van der Waals surface area contributed by atoms with Crippen molar-refractivity contribution in [3.8, 4) is 5.75 Å². The van der Waals surface area contributed by atoms with E-state index >= 15 is 0 Å². The van der Waals surface area contributed by atoms with E-state index in [0.717, 1.165) is 11.8 Å². The lowest BCUT2D eigenvalue weighted by Gasteiger charge is -2.07. The van der Waals surface area contributed by atoms with Crippen LogP contribution in [0, 0.1) is 12.7 Å². The molecule has 1 amide bonds. The van der Waals surface area contributed by atoms with Gasteiger partial charge in [-0.05, 0) is 25.1 Å². The molecule has 1 heterocycles. The Balaban J connectivity index is 2.20. The molecule has 6 heteroatoms. The van der Waals surface area contributed by atoms with Gasteiger partial charge in [0, 0.05) is 18.7 Å². The van der Waals surface area contributed by atoms with Crippen molar-refractivity contribution in [3.05, 3.63) is 41.3 Å². The molecule has 1 aromatic carbocycles. The first kappa shape index (κ1) is 13.1. The van der Waals surface area contributed by atoms with Crippen molar-refractivity contribution in [2.24, 2.45) is 7.05 Å². The fraction of sp³-hybridized carbons (Fsp3) is 0.231. The zero-order valence-corrected chi connectivity index (χ0v) is 10.9. The van der Waals surface area contributed by atoms with Gasteiger partial charge in [-0.15, -0.1) is 0 Å². The fourth-order valence-electron chi connectivity index (χ4n) is 1.72. The second-order valence-corrected chi connectivity index (χ2v) is 4.10. The number of carbonyl (C=O) groups excluding carboxylic acids is 1. The van der Waals surface area contributed by atoms with Gasteiger partial charge in [-0.1, -0.05) is 0 Å². The second kappa shape index (κ2) is 5.09. The number of nitrogens with one attached hydrogen (secondary N) is 1. The van der Waals surface area contributed by atoms with Crippen molar-refractivity contribution in [1.29, 1.82) is 0 Å². The van der Waals surface area contributed by atoms with Gasteiger partial charge in [-0.2, -0.15) is 5.10 Å². The van der Waals surface area contributed by atoms with E-state index in [2.05, 4.69) is 10.4 Å². The van der Waals surface area contributed by atoms with Gasteiger partial charge < -0.3 is 10.1 Å². The third-order valence-corrected chi connectivity index (χ3v) is 2.66. The largest absolute Gasteiger partial charge is 0.494 e. The predicted molar refractivity (Wildman–Crippen MR) is 68.9 cm³/mol. The molecule has 0 aliphatic rings. The predicted octanol–water partition coefficient (Wildman–Crippen LogP) is 2.13. The van der Waals surface area contributed by atoms with Crippen LogP contribution in [-0.2, 0) is 7.05 Å². The van der Waals surface area contributed by atoms with Gasteiger partial charge in [-0.25, -0.2) is 4.39 Å². The van der Waals surface area contributed by atoms with Crippen molar-refractivity contribution in [1.82, 2.24) is 9.78 Å². The zero-order valence-electron chi connectivity index (χ0n) is 10.9. The van der Waals surface area contributed by atoms with Crippen LogP contribution < -0.4 is 10.1 Å². The highest BCUT2D eigenvalue weighted by molar-refractivity contribution is 6.03. The van der Waals surface area contributed by atoms with Gasteiger partial charge in [0.05, 0.1) is 12.8 Å². The molecule has 0 aliphatic carbocycles. The summed E-state index contributed by atoms with van der Waals surface area (Å²) in [5.74, 6) is -0.312. The van der Waals surface area contributed by atoms with Crippen LogP contribution in [0.5, 0.6) is 5.75 Å². The highest BCUT2D eigenvalue weighted by Crippen LogP contribution is 2.18. The number of methoxy groups -OCH3 is 1. The lowest BCUT2D eigenvalue weighted by molar-refractivity contribution is 0.102. The summed E-state index contributed by atoms with van der Waals surface area (Å²) in [6.45, 7) is 1.82. The van der Waals surface area contributed by atoms with E-state index in [9.17, 15) is 9.18 Å². The molecule has 5 nitrogen and oxygen atoms in total. The van der Waals surface area contributed by atoms with E-state index in [1.54, 1.807) is 17.8 Å². The van der Waals surface area contributed by atoms with E-state index in [0.29, 0.717) is 5.82 Å². The molecule has 0 unspecified atom stereocenters. The first-order chi connectivity index (χ1) is 9.01. The maximum Gasteiger partial charge on any atom is 0.256 e. The minimum Gasteiger partial charge on any atom is -0.494 e. The first-order valence-electron chi connectivity index (χ1n) is 5.67. The molecule has 0 aliphatic heterocycles. The number of carbonyl (C=O) groups is 1. The van der Waals surface area contributed by atoms with Crippen LogP contribution in [0.25, 0.3) is 0 Å². The number of amides is 1. The highest BCUT2D eigenvalue weighted by atomic mass is 19.1. The normalized spacial score (nSPS) is 10.3. The van der Waals surface area contributed by atoms with Crippen molar-refractivity contribution >= 4 is 11.7 Å².